The van der Waals surface area contributed by atoms with E-state index in [9.17, 15) is 10.1 Å². The molecule has 0 radical (unpaired) electrons. The largest absolute Gasteiger partial charge is 0.382 e. The third kappa shape index (κ3) is 2.31. The van der Waals surface area contributed by atoms with Crippen LogP contribution in [0.15, 0.2) is 18.2 Å². The molecule has 0 aromatic heterocycles. The molecule has 0 unspecified atom stereocenters. The van der Waals surface area contributed by atoms with Crippen molar-refractivity contribution in [2.45, 2.75) is 0 Å². The van der Waals surface area contributed by atoms with Crippen molar-refractivity contribution in [3.63, 3.8) is 0 Å². The molecule has 92 valence electrons. The van der Waals surface area contributed by atoms with Gasteiger partial charge in [-0.05, 0) is 12.1 Å². The number of rotatable bonds is 3. The highest BCUT2D eigenvalue weighted by molar-refractivity contribution is 5.77. The predicted molar refractivity (Wildman–Crippen MR) is 67.7 cm³/mol. The zero-order valence-electron chi connectivity index (χ0n) is 9.77. The fraction of sp³-hybridized carbons (Fsp3) is 0.455. The van der Waals surface area contributed by atoms with Crippen LogP contribution < -0.4 is 15.5 Å². The molecule has 6 heteroatoms. The number of nitrogens with zero attached hydrogens (tertiary/aromatic N) is 2. The topological polar surface area (TPSA) is 70.4 Å². The van der Waals surface area contributed by atoms with Gasteiger partial charge in [0.25, 0.3) is 0 Å². The highest BCUT2D eigenvalue weighted by Gasteiger charge is 2.23. The Morgan fingerprint density at radius 1 is 1.41 bits per heavy atom. The number of benzene rings is 1. The van der Waals surface area contributed by atoms with Gasteiger partial charge in [0.05, 0.1) is 4.92 Å². The van der Waals surface area contributed by atoms with E-state index in [1.807, 2.05) is 12.1 Å². The first kappa shape index (κ1) is 11.7. The van der Waals surface area contributed by atoms with Gasteiger partial charge in [-0.2, -0.15) is 0 Å². The molecule has 17 heavy (non-hydrogen) atoms. The second-order valence-corrected chi connectivity index (χ2v) is 3.92. The average Bonchev–Trinajstić information content (AvgIpc) is 2.38. The Labute approximate surface area is 99.8 Å². The smallest absolute Gasteiger partial charge is 0.315 e. The van der Waals surface area contributed by atoms with E-state index in [1.165, 1.54) is 0 Å². The Bertz CT molecular complexity index is 416. The Morgan fingerprint density at radius 2 is 2.12 bits per heavy atom. The molecule has 0 amide bonds. The molecule has 0 aliphatic carbocycles. The van der Waals surface area contributed by atoms with E-state index in [1.54, 1.807) is 13.1 Å². The minimum Gasteiger partial charge on any atom is -0.382 e. The molecule has 1 aliphatic rings. The summed E-state index contributed by atoms with van der Waals surface area (Å²) in [4.78, 5) is 12.9. The van der Waals surface area contributed by atoms with Crippen molar-refractivity contribution in [3.8, 4) is 0 Å². The van der Waals surface area contributed by atoms with E-state index in [0.29, 0.717) is 11.4 Å². The summed E-state index contributed by atoms with van der Waals surface area (Å²) in [6.07, 6.45) is 0. The van der Waals surface area contributed by atoms with Crippen LogP contribution in [0, 0.1) is 10.1 Å². The molecule has 6 nitrogen and oxygen atoms in total. The molecule has 1 aliphatic heterocycles. The Morgan fingerprint density at radius 3 is 2.71 bits per heavy atom. The summed E-state index contributed by atoms with van der Waals surface area (Å²) in [5, 5.41) is 17.3. The molecule has 1 aromatic rings. The van der Waals surface area contributed by atoms with Crippen molar-refractivity contribution >= 4 is 17.1 Å². The van der Waals surface area contributed by atoms with Gasteiger partial charge in [0.15, 0.2) is 0 Å². The maximum Gasteiger partial charge on any atom is 0.315 e. The molecule has 0 bridgehead atoms. The molecular weight excluding hydrogens is 220 g/mol. The van der Waals surface area contributed by atoms with Crippen LogP contribution in [0.5, 0.6) is 0 Å². The molecule has 0 spiro atoms. The molecular formula is C11H16N4O2. The Hall–Kier alpha value is -1.82. The first-order chi connectivity index (χ1) is 8.24. The third-order valence-electron chi connectivity index (χ3n) is 2.92. The van der Waals surface area contributed by atoms with E-state index in [4.69, 9.17) is 0 Å². The molecule has 1 heterocycles. The van der Waals surface area contributed by atoms with Gasteiger partial charge in [0.1, 0.15) is 11.4 Å². The van der Waals surface area contributed by atoms with Gasteiger partial charge in [0.2, 0.25) is 0 Å². The van der Waals surface area contributed by atoms with Crippen molar-refractivity contribution in [1.82, 2.24) is 5.32 Å². The van der Waals surface area contributed by atoms with Crippen LogP contribution in [0.3, 0.4) is 0 Å². The molecule has 0 atom stereocenters. The fourth-order valence-corrected chi connectivity index (χ4v) is 2.09. The van der Waals surface area contributed by atoms with Crippen LogP contribution in [0.4, 0.5) is 17.1 Å². The minimum absolute atomic E-state index is 0.164. The van der Waals surface area contributed by atoms with Crippen molar-refractivity contribution in [3.05, 3.63) is 28.3 Å². The number of nitrogens with one attached hydrogen (secondary N) is 2. The summed E-state index contributed by atoms with van der Waals surface area (Å²) in [7, 11) is 1.70. The second kappa shape index (κ2) is 5.01. The number of hydrogen-bond acceptors (Lipinski definition) is 5. The van der Waals surface area contributed by atoms with Crippen molar-refractivity contribution < 1.29 is 4.92 Å². The summed E-state index contributed by atoms with van der Waals surface area (Å²) in [5.74, 6) is 0. The van der Waals surface area contributed by atoms with Gasteiger partial charge in [-0.15, -0.1) is 0 Å². The summed E-state index contributed by atoms with van der Waals surface area (Å²) in [6, 6.07) is 5.38. The van der Waals surface area contributed by atoms with E-state index < -0.39 is 0 Å². The molecule has 1 aromatic carbocycles. The van der Waals surface area contributed by atoms with Crippen LogP contribution >= 0.6 is 0 Å². The van der Waals surface area contributed by atoms with Crippen LogP contribution in [-0.4, -0.2) is 38.2 Å². The second-order valence-electron chi connectivity index (χ2n) is 3.92. The summed E-state index contributed by atoms with van der Waals surface area (Å²) in [5.41, 5.74) is 1.42. The highest BCUT2D eigenvalue weighted by Crippen LogP contribution is 2.35. The van der Waals surface area contributed by atoms with E-state index in [-0.39, 0.29) is 10.6 Å². The molecule has 1 saturated heterocycles. The van der Waals surface area contributed by atoms with Gasteiger partial charge in [-0.3, -0.25) is 10.1 Å². The number of hydrogen-bond donors (Lipinski definition) is 2. The van der Waals surface area contributed by atoms with Crippen LogP contribution in [0.25, 0.3) is 0 Å². The summed E-state index contributed by atoms with van der Waals surface area (Å²) < 4.78 is 0. The Balaban J connectivity index is 2.40. The number of para-hydroxylation sites is 1. The van der Waals surface area contributed by atoms with Crippen LogP contribution in [0.2, 0.25) is 0 Å². The molecule has 2 rings (SSSR count). The summed E-state index contributed by atoms with van der Waals surface area (Å²) in [6.45, 7) is 3.32. The predicted octanol–water partition coefficient (Wildman–Crippen LogP) is 1.05. The van der Waals surface area contributed by atoms with E-state index in [0.717, 1.165) is 26.2 Å². The zero-order valence-corrected chi connectivity index (χ0v) is 9.77. The maximum absolute atomic E-state index is 11.2. The number of nitro benzene ring substituents is 1. The normalized spacial score (nSPS) is 15.7. The lowest BCUT2D eigenvalue weighted by molar-refractivity contribution is -0.383. The van der Waals surface area contributed by atoms with Gasteiger partial charge in [-0.1, -0.05) is 6.07 Å². The van der Waals surface area contributed by atoms with Gasteiger partial charge < -0.3 is 15.5 Å². The number of piperazine rings is 1. The lowest BCUT2D eigenvalue weighted by Crippen LogP contribution is -2.43. The molecule has 1 fully saturated rings. The highest BCUT2D eigenvalue weighted by atomic mass is 16.6. The van der Waals surface area contributed by atoms with Crippen LogP contribution in [-0.2, 0) is 0 Å². The molecule has 0 saturated carbocycles. The fourth-order valence-electron chi connectivity index (χ4n) is 2.09. The standard InChI is InChI=1S/C11H16N4O2/c1-12-9-3-2-4-10(11(9)15(16)17)14-7-5-13-6-8-14/h2-4,12-13H,5-8H2,1H3. The lowest BCUT2D eigenvalue weighted by Gasteiger charge is -2.29. The van der Waals surface area contributed by atoms with Crippen molar-refractivity contribution in [2.24, 2.45) is 0 Å². The quantitative estimate of drug-likeness (QED) is 0.606. The first-order valence-corrected chi connectivity index (χ1v) is 5.65. The average molecular weight is 236 g/mol. The lowest BCUT2D eigenvalue weighted by atomic mass is 10.2. The van der Waals surface area contributed by atoms with E-state index >= 15 is 0 Å². The monoisotopic (exact) mass is 236 g/mol. The minimum atomic E-state index is -0.316. The molecule has 2 N–H and O–H groups in total. The number of nitro groups is 1. The number of anilines is 2. The van der Waals surface area contributed by atoms with Gasteiger partial charge >= 0.3 is 5.69 Å². The van der Waals surface area contributed by atoms with Crippen molar-refractivity contribution in [1.29, 1.82) is 0 Å². The zero-order chi connectivity index (χ0) is 12.3. The van der Waals surface area contributed by atoms with E-state index in [2.05, 4.69) is 15.5 Å². The first-order valence-electron chi connectivity index (χ1n) is 5.65. The maximum atomic E-state index is 11.2. The van der Waals surface area contributed by atoms with Crippen molar-refractivity contribution in [2.75, 3.05) is 43.4 Å². The third-order valence-corrected chi connectivity index (χ3v) is 2.92. The van der Waals surface area contributed by atoms with Gasteiger partial charge in [-0.25, -0.2) is 0 Å². The Kier molecular flexibility index (Phi) is 3.43. The van der Waals surface area contributed by atoms with Gasteiger partial charge in [0, 0.05) is 33.2 Å². The van der Waals surface area contributed by atoms with Crippen LogP contribution in [0.1, 0.15) is 0 Å². The SMILES string of the molecule is CNc1cccc(N2CCNCC2)c1[N+](=O)[O-]. The summed E-state index contributed by atoms with van der Waals surface area (Å²) >= 11 is 0.